The van der Waals surface area contributed by atoms with E-state index in [1.54, 1.807) is 24.3 Å². The number of alkyl halides is 3. The van der Waals surface area contributed by atoms with Gasteiger partial charge in [-0.15, -0.1) is 0 Å². The normalized spacial score (nSPS) is 13.5. The Kier molecular flexibility index (Phi) is 5.31. The van der Waals surface area contributed by atoms with Gasteiger partial charge in [0.05, 0.1) is 19.2 Å². The van der Waals surface area contributed by atoms with E-state index < -0.39 is 29.9 Å². The first-order valence-corrected chi connectivity index (χ1v) is 6.96. The van der Waals surface area contributed by atoms with Crippen molar-refractivity contribution in [2.75, 3.05) is 6.54 Å². The minimum absolute atomic E-state index is 0.139. The average molecular weight is 337 g/mol. The van der Waals surface area contributed by atoms with Gasteiger partial charge in [0.2, 0.25) is 11.5 Å². The summed E-state index contributed by atoms with van der Waals surface area (Å²) in [5.41, 5.74) is -2.66. The summed E-state index contributed by atoms with van der Waals surface area (Å²) in [6, 6.07) is 11.1. The standard InChI is InChI=1S/C17H14F3NO3/c18-17(19,20)16(23,14-9-5-11-24-14)12-15(22)21-10-4-8-13-6-2-1-3-7-13/h1-3,5-7,9,11,23H,10,12H2,(H,21,22). The van der Waals surface area contributed by atoms with Crippen molar-refractivity contribution in [2.45, 2.75) is 18.2 Å². The van der Waals surface area contributed by atoms with E-state index in [4.69, 9.17) is 0 Å². The molecule has 1 atom stereocenters. The van der Waals surface area contributed by atoms with Gasteiger partial charge in [0.15, 0.2) is 0 Å². The minimum Gasteiger partial charge on any atom is -0.466 e. The first kappa shape index (κ1) is 17.6. The number of hydrogen-bond donors (Lipinski definition) is 2. The lowest BCUT2D eigenvalue weighted by Gasteiger charge is -2.27. The Labute approximate surface area is 136 Å². The molecular weight excluding hydrogens is 323 g/mol. The average Bonchev–Trinajstić information content (AvgIpc) is 3.06. The van der Waals surface area contributed by atoms with Gasteiger partial charge in [0.1, 0.15) is 5.76 Å². The number of halogens is 3. The zero-order chi connectivity index (χ0) is 17.6. The topological polar surface area (TPSA) is 62.5 Å². The van der Waals surface area contributed by atoms with E-state index in [1.165, 1.54) is 6.07 Å². The molecule has 0 aliphatic heterocycles. The molecule has 24 heavy (non-hydrogen) atoms. The Hall–Kier alpha value is -2.72. The molecule has 0 saturated carbocycles. The van der Waals surface area contributed by atoms with Gasteiger partial charge in [0, 0.05) is 5.56 Å². The van der Waals surface area contributed by atoms with Gasteiger partial charge in [0.25, 0.3) is 0 Å². The maximum Gasteiger partial charge on any atom is 0.425 e. The third-order valence-corrected chi connectivity index (χ3v) is 3.19. The van der Waals surface area contributed by atoms with Crippen LogP contribution in [0.2, 0.25) is 0 Å². The maximum atomic E-state index is 13.1. The van der Waals surface area contributed by atoms with Gasteiger partial charge >= 0.3 is 6.18 Å². The Bertz CT molecular complexity index is 730. The lowest BCUT2D eigenvalue weighted by atomic mass is 9.95. The van der Waals surface area contributed by atoms with E-state index in [0.717, 1.165) is 12.3 Å². The van der Waals surface area contributed by atoms with Crippen LogP contribution in [0.15, 0.2) is 53.1 Å². The minimum atomic E-state index is -5.06. The SMILES string of the molecule is O=C(CC(O)(c1ccco1)C(F)(F)F)NCC#Cc1ccccc1. The second kappa shape index (κ2) is 7.23. The Morgan fingerprint density at radius 2 is 1.88 bits per heavy atom. The van der Waals surface area contributed by atoms with E-state index in [1.807, 2.05) is 6.07 Å². The highest BCUT2D eigenvalue weighted by Gasteiger charge is 2.58. The molecule has 2 rings (SSSR count). The Balaban J connectivity index is 1.98. The van der Waals surface area contributed by atoms with Crippen molar-refractivity contribution < 1.29 is 27.5 Å². The van der Waals surface area contributed by atoms with Crippen LogP contribution in [0.1, 0.15) is 17.7 Å². The molecule has 1 aromatic heterocycles. The number of carbonyl (C=O) groups excluding carboxylic acids is 1. The van der Waals surface area contributed by atoms with Gasteiger partial charge in [-0.3, -0.25) is 4.79 Å². The second-order valence-electron chi connectivity index (χ2n) is 4.96. The largest absolute Gasteiger partial charge is 0.466 e. The fraction of sp³-hybridized carbons (Fsp3) is 0.235. The summed E-state index contributed by atoms with van der Waals surface area (Å²) in [5, 5.41) is 12.1. The van der Waals surface area contributed by atoms with E-state index in [2.05, 4.69) is 21.6 Å². The molecule has 7 heteroatoms. The van der Waals surface area contributed by atoms with Crippen molar-refractivity contribution in [3.8, 4) is 11.8 Å². The van der Waals surface area contributed by atoms with Crippen LogP contribution >= 0.6 is 0 Å². The molecule has 1 heterocycles. The second-order valence-corrected chi connectivity index (χ2v) is 4.96. The van der Waals surface area contributed by atoms with Gasteiger partial charge in [-0.1, -0.05) is 30.0 Å². The zero-order valence-corrected chi connectivity index (χ0v) is 12.4. The summed E-state index contributed by atoms with van der Waals surface area (Å²) in [7, 11) is 0. The first-order valence-electron chi connectivity index (χ1n) is 6.96. The number of carbonyl (C=O) groups is 1. The summed E-state index contributed by atoms with van der Waals surface area (Å²) in [5.74, 6) is 3.65. The number of nitrogens with one attached hydrogen (secondary N) is 1. The lowest BCUT2D eigenvalue weighted by Crippen LogP contribution is -2.46. The number of benzene rings is 1. The van der Waals surface area contributed by atoms with Gasteiger partial charge < -0.3 is 14.8 Å². The van der Waals surface area contributed by atoms with Crippen molar-refractivity contribution in [1.82, 2.24) is 5.32 Å². The molecule has 4 nitrogen and oxygen atoms in total. The van der Waals surface area contributed by atoms with Gasteiger partial charge in [-0.25, -0.2) is 0 Å². The van der Waals surface area contributed by atoms with Crippen molar-refractivity contribution in [3.05, 3.63) is 60.1 Å². The Morgan fingerprint density at radius 1 is 1.17 bits per heavy atom. The molecule has 0 aliphatic rings. The van der Waals surface area contributed by atoms with Crippen molar-refractivity contribution in [3.63, 3.8) is 0 Å². The van der Waals surface area contributed by atoms with Crippen LogP contribution in [-0.4, -0.2) is 23.7 Å². The van der Waals surface area contributed by atoms with Gasteiger partial charge in [-0.2, -0.15) is 13.2 Å². The molecular formula is C17H14F3NO3. The van der Waals surface area contributed by atoms with Crippen LogP contribution in [0.5, 0.6) is 0 Å². The molecule has 2 N–H and O–H groups in total. The fourth-order valence-corrected chi connectivity index (χ4v) is 1.95. The summed E-state index contributed by atoms with van der Waals surface area (Å²) in [4.78, 5) is 11.7. The molecule has 0 bridgehead atoms. The van der Waals surface area contributed by atoms with E-state index >= 15 is 0 Å². The van der Waals surface area contributed by atoms with Crippen LogP contribution in [-0.2, 0) is 10.4 Å². The van der Waals surface area contributed by atoms with Crippen LogP contribution in [0.3, 0.4) is 0 Å². The molecule has 0 aliphatic carbocycles. The van der Waals surface area contributed by atoms with E-state index in [-0.39, 0.29) is 6.54 Å². The summed E-state index contributed by atoms with van der Waals surface area (Å²) in [6.07, 6.45) is -5.27. The number of aliphatic hydroxyl groups is 1. The van der Waals surface area contributed by atoms with Crippen LogP contribution < -0.4 is 5.32 Å². The molecule has 0 radical (unpaired) electrons. The predicted molar refractivity (Wildman–Crippen MR) is 79.6 cm³/mol. The zero-order valence-electron chi connectivity index (χ0n) is 12.4. The third-order valence-electron chi connectivity index (χ3n) is 3.19. The molecule has 1 unspecified atom stereocenters. The number of rotatable bonds is 4. The van der Waals surface area contributed by atoms with E-state index in [0.29, 0.717) is 5.56 Å². The Morgan fingerprint density at radius 3 is 2.46 bits per heavy atom. The molecule has 126 valence electrons. The third kappa shape index (κ3) is 4.18. The number of amides is 1. The summed E-state index contributed by atoms with van der Waals surface area (Å²) >= 11 is 0. The number of hydrogen-bond acceptors (Lipinski definition) is 3. The van der Waals surface area contributed by atoms with Crippen LogP contribution in [0, 0.1) is 11.8 Å². The van der Waals surface area contributed by atoms with Gasteiger partial charge in [-0.05, 0) is 24.3 Å². The smallest absolute Gasteiger partial charge is 0.425 e. The fourth-order valence-electron chi connectivity index (χ4n) is 1.95. The summed E-state index contributed by atoms with van der Waals surface area (Å²) < 4.78 is 44.0. The quantitative estimate of drug-likeness (QED) is 0.843. The predicted octanol–water partition coefficient (Wildman–Crippen LogP) is 2.59. The molecule has 1 amide bonds. The lowest BCUT2D eigenvalue weighted by molar-refractivity contribution is -0.273. The first-order chi connectivity index (χ1) is 11.3. The van der Waals surface area contributed by atoms with Crippen molar-refractivity contribution in [1.29, 1.82) is 0 Å². The maximum absolute atomic E-state index is 13.1. The molecule has 0 fully saturated rings. The molecule has 2 aromatic rings. The summed E-state index contributed by atoms with van der Waals surface area (Å²) in [6.45, 7) is -0.139. The molecule has 0 saturated heterocycles. The van der Waals surface area contributed by atoms with Crippen molar-refractivity contribution >= 4 is 5.91 Å². The van der Waals surface area contributed by atoms with Crippen LogP contribution in [0.25, 0.3) is 0 Å². The van der Waals surface area contributed by atoms with Crippen LogP contribution in [0.4, 0.5) is 13.2 Å². The monoisotopic (exact) mass is 337 g/mol. The highest BCUT2D eigenvalue weighted by Crippen LogP contribution is 2.41. The molecule has 0 spiro atoms. The highest BCUT2D eigenvalue weighted by atomic mass is 19.4. The molecule has 1 aromatic carbocycles. The van der Waals surface area contributed by atoms with E-state index in [9.17, 15) is 23.1 Å². The highest BCUT2D eigenvalue weighted by molar-refractivity contribution is 5.77. The van der Waals surface area contributed by atoms with Crippen molar-refractivity contribution in [2.24, 2.45) is 0 Å². The number of furan rings is 1.